The Balaban J connectivity index is 1.76. The Hall–Kier alpha value is -1.75. The van der Waals surface area contributed by atoms with Gasteiger partial charge >= 0.3 is 0 Å². The van der Waals surface area contributed by atoms with Crippen LogP contribution in [0.25, 0.3) is 5.65 Å². The lowest BCUT2D eigenvalue weighted by molar-refractivity contribution is 0.112. The molecule has 0 atom stereocenters. The summed E-state index contributed by atoms with van der Waals surface area (Å²) in [5.41, 5.74) is 1.44. The molecule has 2 aromatic heterocycles. The van der Waals surface area contributed by atoms with Gasteiger partial charge in [-0.3, -0.25) is 4.79 Å². The van der Waals surface area contributed by atoms with Gasteiger partial charge in [0.2, 0.25) is 0 Å². The van der Waals surface area contributed by atoms with Gasteiger partial charge in [-0.25, -0.2) is 9.50 Å². The summed E-state index contributed by atoms with van der Waals surface area (Å²) in [6, 6.07) is 3.62. The van der Waals surface area contributed by atoms with Gasteiger partial charge in [0.15, 0.2) is 17.8 Å². The average molecular weight is 258 g/mol. The number of likely N-dealkylation sites (tertiary alicyclic amines) is 1. The van der Waals surface area contributed by atoms with Crippen molar-refractivity contribution in [2.24, 2.45) is 5.92 Å². The zero-order chi connectivity index (χ0) is 13.2. The summed E-state index contributed by atoms with van der Waals surface area (Å²) in [7, 11) is 2.17. The zero-order valence-corrected chi connectivity index (χ0v) is 11.1. The Morgan fingerprint density at radius 2 is 2.16 bits per heavy atom. The Bertz CT molecular complexity index is 584. The molecule has 0 unspecified atom stereocenters. The minimum absolute atomic E-state index is 0.628. The zero-order valence-electron chi connectivity index (χ0n) is 11.1. The summed E-state index contributed by atoms with van der Waals surface area (Å²) in [6.07, 6.45) is 5.93. The summed E-state index contributed by atoms with van der Waals surface area (Å²) in [4.78, 5) is 17.6. The largest absolute Gasteiger partial charge is 0.306 e. The third-order valence-electron chi connectivity index (χ3n) is 3.84. The van der Waals surface area contributed by atoms with E-state index in [0.717, 1.165) is 37.3 Å². The van der Waals surface area contributed by atoms with Gasteiger partial charge in [-0.2, -0.15) is 5.10 Å². The average Bonchev–Trinajstić information content (AvgIpc) is 2.82. The highest BCUT2D eigenvalue weighted by Crippen LogP contribution is 2.19. The summed E-state index contributed by atoms with van der Waals surface area (Å²) in [5.74, 6) is 1.57. The summed E-state index contributed by atoms with van der Waals surface area (Å²) < 4.78 is 1.70. The van der Waals surface area contributed by atoms with Crippen molar-refractivity contribution in [2.75, 3.05) is 20.1 Å². The van der Waals surface area contributed by atoms with Crippen LogP contribution in [0.15, 0.2) is 18.3 Å². The highest BCUT2D eigenvalue weighted by atomic mass is 16.1. The van der Waals surface area contributed by atoms with Crippen molar-refractivity contribution in [1.29, 1.82) is 0 Å². The van der Waals surface area contributed by atoms with Gasteiger partial charge in [-0.05, 0) is 51.0 Å². The van der Waals surface area contributed by atoms with Crippen LogP contribution in [0.1, 0.15) is 29.0 Å². The number of rotatable bonds is 3. The molecule has 19 heavy (non-hydrogen) atoms. The standard InChI is InChI=1S/C14H18N4O/c1-17-6-4-11(5-7-17)8-13-15-14-3-2-12(10-19)9-18(14)16-13/h2-3,9-11H,4-8H2,1H3. The van der Waals surface area contributed by atoms with Gasteiger partial charge in [-0.1, -0.05) is 0 Å². The maximum atomic E-state index is 10.7. The van der Waals surface area contributed by atoms with E-state index in [0.29, 0.717) is 11.5 Å². The smallest absolute Gasteiger partial charge is 0.155 e. The van der Waals surface area contributed by atoms with Crippen LogP contribution in [0, 0.1) is 5.92 Å². The fraction of sp³-hybridized carbons (Fsp3) is 0.500. The van der Waals surface area contributed by atoms with Gasteiger partial charge in [-0.15, -0.1) is 0 Å². The van der Waals surface area contributed by atoms with Crippen molar-refractivity contribution < 1.29 is 4.79 Å². The fourth-order valence-corrected chi connectivity index (χ4v) is 2.63. The molecule has 0 spiro atoms. The van der Waals surface area contributed by atoms with Crippen LogP contribution in [-0.2, 0) is 6.42 Å². The van der Waals surface area contributed by atoms with Gasteiger partial charge in [0.1, 0.15) is 0 Å². The van der Waals surface area contributed by atoms with Crippen LogP contribution in [0.4, 0.5) is 0 Å². The molecule has 0 aliphatic carbocycles. The van der Waals surface area contributed by atoms with Crippen LogP contribution < -0.4 is 0 Å². The van der Waals surface area contributed by atoms with E-state index in [4.69, 9.17) is 0 Å². The Kier molecular flexibility index (Phi) is 3.29. The molecule has 0 N–H and O–H groups in total. The quantitative estimate of drug-likeness (QED) is 0.781. The summed E-state index contributed by atoms with van der Waals surface area (Å²) >= 11 is 0. The lowest BCUT2D eigenvalue weighted by atomic mass is 9.94. The number of nitrogens with zero attached hydrogens (tertiary/aromatic N) is 4. The van der Waals surface area contributed by atoms with E-state index >= 15 is 0 Å². The molecule has 2 aromatic rings. The second-order valence-corrected chi connectivity index (χ2v) is 5.36. The minimum Gasteiger partial charge on any atom is -0.306 e. The number of piperidine rings is 1. The van der Waals surface area contributed by atoms with E-state index < -0.39 is 0 Å². The third-order valence-corrected chi connectivity index (χ3v) is 3.84. The Morgan fingerprint density at radius 1 is 1.37 bits per heavy atom. The highest BCUT2D eigenvalue weighted by molar-refractivity contribution is 5.74. The molecule has 1 aliphatic heterocycles. The normalized spacial score (nSPS) is 17.9. The Labute approximate surface area is 112 Å². The first-order valence-corrected chi connectivity index (χ1v) is 6.73. The summed E-state index contributed by atoms with van der Waals surface area (Å²) in [6.45, 7) is 2.32. The first-order chi connectivity index (χ1) is 9.24. The van der Waals surface area contributed by atoms with Crippen LogP contribution >= 0.6 is 0 Å². The highest BCUT2D eigenvalue weighted by Gasteiger charge is 2.18. The molecule has 0 aromatic carbocycles. The van der Waals surface area contributed by atoms with Crippen LogP contribution in [0.2, 0.25) is 0 Å². The topological polar surface area (TPSA) is 50.5 Å². The van der Waals surface area contributed by atoms with Crippen molar-refractivity contribution in [3.8, 4) is 0 Å². The number of carbonyl (C=O) groups excluding carboxylic acids is 1. The number of carbonyl (C=O) groups is 1. The molecule has 3 rings (SSSR count). The molecular weight excluding hydrogens is 240 g/mol. The lowest BCUT2D eigenvalue weighted by Crippen LogP contribution is -2.31. The maximum Gasteiger partial charge on any atom is 0.155 e. The molecule has 1 aliphatic rings. The van der Waals surface area contributed by atoms with Gasteiger partial charge < -0.3 is 4.90 Å². The van der Waals surface area contributed by atoms with Crippen molar-refractivity contribution in [3.63, 3.8) is 0 Å². The van der Waals surface area contributed by atoms with E-state index in [1.807, 2.05) is 6.07 Å². The number of aldehydes is 1. The number of fused-ring (bicyclic) bond motifs is 1. The third kappa shape index (κ3) is 2.66. The number of pyridine rings is 1. The SMILES string of the molecule is CN1CCC(Cc2nc3ccc(C=O)cn3n2)CC1. The molecule has 3 heterocycles. The van der Waals surface area contributed by atoms with Crippen molar-refractivity contribution in [2.45, 2.75) is 19.3 Å². The van der Waals surface area contributed by atoms with Crippen LogP contribution in [0.3, 0.4) is 0 Å². The number of aromatic nitrogens is 3. The Morgan fingerprint density at radius 3 is 2.89 bits per heavy atom. The van der Waals surface area contributed by atoms with Crippen molar-refractivity contribution in [1.82, 2.24) is 19.5 Å². The van der Waals surface area contributed by atoms with Gasteiger partial charge in [0, 0.05) is 18.2 Å². The second-order valence-electron chi connectivity index (χ2n) is 5.36. The molecule has 0 radical (unpaired) electrons. The monoisotopic (exact) mass is 258 g/mol. The van der Waals surface area contributed by atoms with E-state index in [-0.39, 0.29) is 0 Å². The van der Waals surface area contributed by atoms with Gasteiger partial charge in [0.25, 0.3) is 0 Å². The first-order valence-electron chi connectivity index (χ1n) is 6.73. The van der Waals surface area contributed by atoms with Crippen molar-refractivity contribution in [3.05, 3.63) is 29.7 Å². The van der Waals surface area contributed by atoms with Crippen LogP contribution in [0.5, 0.6) is 0 Å². The van der Waals surface area contributed by atoms with E-state index in [1.54, 1.807) is 16.8 Å². The van der Waals surface area contributed by atoms with Gasteiger partial charge in [0.05, 0.1) is 0 Å². The molecule has 1 saturated heterocycles. The molecule has 0 bridgehead atoms. The maximum absolute atomic E-state index is 10.7. The van der Waals surface area contributed by atoms with E-state index in [2.05, 4.69) is 22.0 Å². The first kappa shape index (κ1) is 12.3. The molecule has 0 saturated carbocycles. The predicted octanol–water partition coefficient (Wildman–Crippen LogP) is 1.43. The minimum atomic E-state index is 0.628. The molecule has 0 amide bonds. The molecule has 5 heteroatoms. The second kappa shape index (κ2) is 5.09. The molecule has 1 fully saturated rings. The molecule has 100 valence electrons. The fourth-order valence-electron chi connectivity index (χ4n) is 2.63. The van der Waals surface area contributed by atoms with E-state index in [9.17, 15) is 4.79 Å². The summed E-state index contributed by atoms with van der Waals surface area (Å²) in [5, 5.41) is 4.47. The number of hydrogen-bond donors (Lipinski definition) is 0. The van der Waals surface area contributed by atoms with E-state index in [1.165, 1.54) is 12.8 Å². The predicted molar refractivity (Wildman–Crippen MR) is 72.3 cm³/mol. The molecular formula is C14H18N4O. The lowest BCUT2D eigenvalue weighted by Gasteiger charge is -2.28. The molecule has 5 nitrogen and oxygen atoms in total. The van der Waals surface area contributed by atoms with Crippen molar-refractivity contribution >= 4 is 11.9 Å². The number of hydrogen-bond acceptors (Lipinski definition) is 4. The van der Waals surface area contributed by atoms with Crippen LogP contribution in [-0.4, -0.2) is 45.9 Å².